The minimum Gasteiger partial charge on any atom is -0.480 e. The minimum atomic E-state index is -1.23. The smallest absolute Gasteiger partial charge is 0.326 e. The summed E-state index contributed by atoms with van der Waals surface area (Å²) >= 11 is 0. The van der Waals surface area contributed by atoms with E-state index in [-0.39, 0.29) is 11.3 Å². The molecule has 2 heterocycles. The second-order valence-electron chi connectivity index (χ2n) is 3.07. The van der Waals surface area contributed by atoms with Gasteiger partial charge in [0.2, 0.25) is 0 Å². The Hall–Kier alpha value is -1.95. The van der Waals surface area contributed by atoms with Gasteiger partial charge in [-0.25, -0.2) is 9.37 Å². The number of fused-ring (bicyclic) bond motifs is 1. The summed E-state index contributed by atoms with van der Waals surface area (Å²) in [4.78, 5) is 14.4. The summed E-state index contributed by atoms with van der Waals surface area (Å²) in [5.74, 6) is -1.71. The van der Waals surface area contributed by atoms with Crippen LogP contribution in [-0.4, -0.2) is 20.5 Å². The number of hydrogen-bond acceptors (Lipinski definition) is 3. The number of nitrogens with two attached hydrogens (primary N) is 1. The number of halogens is 1. The van der Waals surface area contributed by atoms with Gasteiger partial charge >= 0.3 is 5.97 Å². The summed E-state index contributed by atoms with van der Waals surface area (Å²) in [5.41, 5.74) is 5.56. The van der Waals surface area contributed by atoms with Crippen molar-refractivity contribution in [2.45, 2.75) is 6.04 Å². The van der Waals surface area contributed by atoms with E-state index in [1.165, 1.54) is 22.7 Å². The molecule has 2 rings (SSSR count). The molecule has 5 nitrogen and oxygen atoms in total. The Bertz CT molecular complexity index is 523. The van der Waals surface area contributed by atoms with Gasteiger partial charge < -0.3 is 15.2 Å². The van der Waals surface area contributed by atoms with E-state index in [0.717, 1.165) is 0 Å². The van der Waals surface area contributed by atoms with Gasteiger partial charge in [-0.15, -0.1) is 0 Å². The molecule has 15 heavy (non-hydrogen) atoms. The number of pyridine rings is 1. The van der Waals surface area contributed by atoms with Crippen LogP contribution in [0.3, 0.4) is 0 Å². The van der Waals surface area contributed by atoms with Crippen LogP contribution in [0.15, 0.2) is 24.5 Å². The molecule has 0 spiro atoms. The monoisotopic (exact) mass is 209 g/mol. The number of aromatic nitrogens is 2. The number of carboxylic acids is 1. The molecule has 2 aromatic heterocycles. The van der Waals surface area contributed by atoms with E-state index in [4.69, 9.17) is 10.8 Å². The molecular formula is C9H8FN3O2. The van der Waals surface area contributed by atoms with Crippen LogP contribution in [-0.2, 0) is 4.79 Å². The largest absolute Gasteiger partial charge is 0.480 e. The summed E-state index contributed by atoms with van der Waals surface area (Å²) in [7, 11) is 0. The van der Waals surface area contributed by atoms with E-state index in [0.29, 0.717) is 0 Å². The molecule has 2 aromatic rings. The Morgan fingerprint density at radius 2 is 2.40 bits per heavy atom. The van der Waals surface area contributed by atoms with Gasteiger partial charge in [-0.2, -0.15) is 0 Å². The van der Waals surface area contributed by atoms with Crippen LogP contribution in [0, 0.1) is 5.82 Å². The van der Waals surface area contributed by atoms with Crippen molar-refractivity contribution in [1.82, 2.24) is 9.38 Å². The van der Waals surface area contributed by atoms with Gasteiger partial charge in [-0.05, 0) is 12.1 Å². The molecule has 0 saturated heterocycles. The highest BCUT2D eigenvalue weighted by molar-refractivity contribution is 5.74. The molecule has 0 radical (unpaired) electrons. The molecule has 1 unspecified atom stereocenters. The molecule has 0 aliphatic rings. The molecule has 1 atom stereocenters. The van der Waals surface area contributed by atoms with Crippen molar-refractivity contribution in [3.05, 3.63) is 36.0 Å². The zero-order valence-electron chi connectivity index (χ0n) is 7.59. The zero-order chi connectivity index (χ0) is 11.0. The Morgan fingerprint density at radius 1 is 1.67 bits per heavy atom. The molecule has 0 aromatic carbocycles. The lowest BCUT2D eigenvalue weighted by molar-refractivity contribution is -0.138. The molecule has 0 bridgehead atoms. The van der Waals surface area contributed by atoms with Crippen LogP contribution in [0.4, 0.5) is 4.39 Å². The SMILES string of the molecule is NC(C(=O)O)c1cn2cccc(F)c2n1. The minimum absolute atomic E-state index is 0.0733. The van der Waals surface area contributed by atoms with Crippen LogP contribution in [0.25, 0.3) is 5.65 Å². The van der Waals surface area contributed by atoms with Crippen molar-refractivity contribution in [2.75, 3.05) is 0 Å². The third-order valence-corrected chi connectivity index (χ3v) is 2.04. The zero-order valence-corrected chi connectivity index (χ0v) is 7.59. The van der Waals surface area contributed by atoms with Gasteiger partial charge in [0.15, 0.2) is 11.5 Å². The van der Waals surface area contributed by atoms with E-state index in [9.17, 15) is 9.18 Å². The Morgan fingerprint density at radius 3 is 3.00 bits per heavy atom. The Kier molecular flexibility index (Phi) is 2.12. The average molecular weight is 209 g/mol. The fourth-order valence-electron chi connectivity index (χ4n) is 1.27. The molecule has 0 aliphatic carbocycles. The molecule has 0 amide bonds. The first-order valence-corrected chi connectivity index (χ1v) is 4.21. The number of carbonyl (C=O) groups is 1. The van der Waals surface area contributed by atoms with E-state index < -0.39 is 17.8 Å². The molecule has 0 aliphatic heterocycles. The van der Waals surface area contributed by atoms with Crippen LogP contribution in [0.1, 0.15) is 11.7 Å². The lowest BCUT2D eigenvalue weighted by Gasteiger charge is -1.99. The average Bonchev–Trinajstić information content (AvgIpc) is 2.61. The lowest BCUT2D eigenvalue weighted by atomic mass is 10.2. The maximum absolute atomic E-state index is 13.2. The topological polar surface area (TPSA) is 80.6 Å². The summed E-state index contributed by atoms with van der Waals surface area (Å²) in [5, 5.41) is 8.66. The first-order valence-electron chi connectivity index (χ1n) is 4.21. The van der Waals surface area contributed by atoms with Gasteiger partial charge in [-0.1, -0.05) is 0 Å². The summed E-state index contributed by atoms with van der Waals surface area (Å²) in [6.45, 7) is 0. The van der Waals surface area contributed by atoms with Crippen LogP contribution < -0.4 is 5.73 Å². The molecule has 3 N–H and O–H groups in total. The van der Waals surface area contributed by atoms with Crippen LogP contribution in [0.5, 0.6) is 0 Å². The maximum atomic E-state index is 13.2. The predicted octanol–water partition coefficient (Wildman–Crippen LogP) is 0.558. The highest BCUT2D eigenvalue weighted by Crippen LogP contribution is 2.13. The first kappa shape index (κ1) is 9.60. The fourth-order valence-corrected chi connectivity index (χ4v) is 1.27. The van der Waals surface area contributed by atoms with E-state index in [1.54, 1.807) is 6.20 Å². The predicted molar refractivity (Wildman–Crippen MR) is 49.7 cm³/mol. The molecule has 6 heteroatoms. The van der Waals surface area contributed by atoms with Crippen molar-refractivity contribution in [1.29, 1.82) is 0 Å². The second kappa shape index (κ2) is 3.32. The summed E-state index contributed by atoms with van der Waals surface area (Å²) < 4.78 is 14.6. The number of imidazole rings is 1. The van der Waals surface area contributed by atoms with Crippen LogP contribution in [0.2, 0.25) is 0 Å². The first-order chi connectivity index (χ1) is 7.09. The van der Waals surface area contributed by atoms with Gasteiger partial charge in [-0.3, -0.25) is 4.79 Å². The third kappa shape index (κ3) is 1.55. The molecule has 0 saturated carbocycles. The Labute approximate surface area is 84.0 Å². The number of carboxylic acid groups (broad SMARTS) is 1. The Balaban J connectivity index is 2.56. The van der Waals surface area contributed by atoms with Crippen molar-refractivity contribution in [2.24, 2.45) is 5.73 Å². The van der Waals surface area contributed by atoms with Gasteiger partial charge in [0.1, 0.15) is 6.04 Å². The second-order valence-corrected chi connectivity index (χ2v) is 3.07. The van der Waals surface area contributed by atoms with Crippen molar-refractivity contribution in [3.63, 3.8) is 0 Å². The number of nitrogens with zero attached hydrogens (tertiary/aromatic N) is 2. The van der Waals surface area contributed by atoms with Crippen LogP contribution >= 0.6 is 0 Å². The number of aliphatic carboxylic acids is 1. The molecule has 0 fully saturated rings. The van der Waals surface area contributed by atoms with Crippen molar-refractivity contribution in [3.8, 4) is 0 Å². The fraction of sp³-hybridized carbons (Fsp3) is 0.111. The third-order valence-electron chi connectivity index (χ3n) is 2.04. The normalized spacial score (nSPS) is 12.9. The highest BCUT2D eigenvalue weighted by atomic mass is 19.1. The number of rotatable bonds is 2. The highest BCUT2D eigenvalue weighted by Gasteiger charge is 2.18. The molecular weight excluding hydrogens is 201 g/mol. The van der Waals surface area contributed by atoms with E-state index >= 15 is 0 Å². The number of hydrogen-bond donors (Lipinski definition) is 2. The van der Waals surface area contributed by atoms with Crippen molar-refractivity contribution >= 4 is 11.6 Å². The summed E-state index contributed by atoms with van der Waals surface area (Å²) in [6, 6.07) is 1.52. The maximum Gasteiger partial charge on any atom is 0.326 e. The van der Waals surface area contributed by atoms with Gasteiger partial charge in [0.05, 0.1) is 5.69 Å². The van der Waals surface area contributed by atoms with E-state index in [1.807, 2.05) is 0 Å². The summed E-state index contributed by atoms with van der Waals surface area (Å²) in [6.07, 6.45) is 2.97. The lowest BCUT2D eigenvalue weighted by Crippen LogP contribution is -2.20. The van der Waals surface area contributed by atoms with E-state index in [2.05, 4.69) is 4.98 Å². The van der Waals surface area contributed by atoms with Gasteiger partial charge in [0, 0.05) is 12.4 Å². The van der Waals surface area contributed by atoms with Gasteiger partial charge in [0.25, 0.3) is 0 Å². The standard InChI is InChI=1S/C9H8FN3O2/c10-5-2-1-3-13-4-6(12-8(5)13)7(11)9(14)15/h1-4,7H,11H2,(H,14,15). The van der Waals surface area contributed by atoms with Crippen molar-refractivity contribution < 1.29 is 14.3 Å². The molecule has 78 valence electrons. The quantitative estimate of drug-likeness (QED) is 0.757.